The van der Waals surface area contributed by atoms with Crippen LogP contribution in [0.4, 0.5) is 5.69 Å². The van der Waals surface area contributed by atoms with Crippen molar-refractivity contribution in [2.75, 3.05) is 6.54 Å². The number of amides is 1. The Labute approximate surface area is 120 Å². The van der Waals surface area contributed by atoms with Crippen molar-refractivity contribution in [3.8, 4) is 0 Å². The molecule has 0 aliphatic carbocycles. The molecule has 2 rings (SSSR count). The lowest BCUT2D eigenvalue weighted by Crippen LogP contribution is -2.56. The Morgan fingerprint density at radius 1 is 1.52 bits per heavy atom. The molecule has 1 atom stereocenters. The summed E-state index contributed by atoms with van der Waals surface area (Å²) in [5.41, 5.74) is -0.731. The molecule has 0 bridgehead atoms. The second kappa shape index (κ2) is 5.19. The van der Waals surface area contributed by atoms with Crippen molar-refractivity contribution in [1.82, 2.24) is 9.88 Å². The number of H-pyrrole nitrogens is 1. The molecule has 1 amide bonds. The number of carboxylic acid groups (broad SMARTS) is 1. The first kappa shape index (κ1) is 15.0. The van der Waals surface area contributed by atoms with E-state index in [2.05, 4.69) is 4.98 Å². The summed E-state index contributed by atoms with van der Waals surface area (Å²) in [6.45, 7) is 3.94. The smallest absolute Gasteiger partial charge is 0.326 e. The summed E-state index contributed by atoms with van der Waals surface area (Å²) < 4.78 is 0. The average molecular weight is 295 g/mol. The predicted octanol–water partition coefficient (Wildman–Crippen LogP) is 1.64. The summed E-state index contributed by atoms with van der Waals surface area (Å²) in [5, 5.41) is 20.1. The number of carboxylic acids is 1. The molecule has 1 aromatic heterocycles. The quantitative estimate of drug-likeness (QED) is 0.649. The van der Waals surface area contributed by atoms with Gasteiger partial charge in [-0.2, -0.15) is 0 Å². The Morgan fingerprint density at radius 2 is 2.19 bits per heavy atom. The fourth-order valence-electron chi connectivity index (χ4n) is 2.85. The standard InChI is InChI=1S/C13H17N3O5/c1-13(2)4-3-5-15(10(13)12(18)19)11(17)9-6-8(7-14-9)16(20)21/h6-7,10,14H,3-5H2,1-2H3,(H,18,19). The van der Waals surface area contributed by atoms with Crippen molar-refractivity contribution in [2.45, 2.75) is 32.7 Å². The zero-order chi connectivity index (χ0) is 15.8. The minimum atomic E-state index is -1.06. The summed E-state index contributed by atoms with van der Waals surface area (Å²) in [6, 6.07) is 0.184. The van der Waals surface area contributed by atoms with Crippen molar-refractivity contribution in [1.29, 1.82) is 0 Å². The van der Waals surface area contributed by atoms with Crippen LogP contribution in [0, 0.1) is 15.5 Å². The molecular weight excluding hydrogens is 278 g/mol. The van der Waals surface area contributed by atoms with Gasteiger partial charge in [-0.3, -0.25) is 14.9 Å². The number of nitrogens with one attached hydrogen (secondary N) is 1. The van der Waals surface area contributed by atoms with Crippen LogP contribution >= 0.6 is 0 Å². The molecule has 1 aliphatic heterocycles. The van der Waals surface area contributed by atoms with Gasteiger partial charge in [0.1, 0.15) is 11.7 Å². The molecule has 2 heterocycles. The molecule has 0 aromatic carbocycles. The Balaban J connectivity index is 2.31. The molecule has 1 fully saturated rings. The highest BCUT2D eigenvalue weighted by Gasteiger charge is 2.45. The van der Waals surface area contributed by atoms with Gasteiger partial charge < -0.3 is 15.0 Å². The topological polar surface area (TPSA) is 117 Å². The van der Waals surface area contributed by atoms with Crippen LogP contribution in [0.15, 0.2) is 12.3 Å². The lowest BCUT2D eigenvalue weighted by atomic mass is 9.76. The molecule has 0 radical (unpaired) electrons. The van der Waals surface area contributed by atoms with Crippen molar-refractivity contribution in [3.63, 3.8) is 0 Å². The fourth-order valence-corrected chi connectivity index (χ4v) is 2.85. The van der Waals surface area contributed by atoms with E-state index >= 15 is 0 Å². The molecule has 1 unspecified atom stereocenters. The molecule has 8 heteroatoms. The maximum atomic E-state index is 12.4. The number of hydrogen-bond donors (Lipinski definition) is 2. The van der Waals surface area contributed by atoms with Crippen LogP contribution < -0.4 is 0 Å². The number of nitro groups is 1. The molecule has 114 valence electrons. The van der Waals surface area contributed by atoms with E-state index in [0.29, 0.717) is 19.4 Å². The lowest BCUT2D eigenvalue weighted by Gasteiger charge is -2.43. The van der Waals surface area contributed by atoms with Crippen LogP contribution in [0.3, 0.4) is 0 Å². The van der Waals surface area contributed by atoms with Gasteiger partial charge in [-0.15, -0.1) is 0 Å². The van der Waals surface area contributed by atoms with E-state index in [0.717, 1.165) is 12.3 Å². The first-order chi connectivity index (χ1) is 9.74. The van der Waals surface area contributed by atoms with E-state index < -0.39 is 28.3 Å². The molecule has 1 aliphatic rings. The molecule has 8 nitrogen and oxygen atoms in total. The van der Waals surface area contributed by atoms with Crippen molar-refractivity contribution in [2.24, 2.45) is 5.41 Å². The Hall–Kier alpha value is -2.38. The first-order valence-corrected chi connectivity index (χ1v) is 6.60. The Bertz CT molecular complexity index is 592. The van der Waals surface area contributed by atoms with E-state index in [9.17, 15) is 24.8 Å². The van der Waals surface area contributed by atoms with Crippen LogP contribution in [0.5, 0.6) is 0 Å². The maximum absolute atomic E-state index is 12.4. The molecular formula is C13H17N3O5. The number of likely N-dealkylation sites (tertiary alicyclic amines) is 1. The van der Waals surface area contributed by atoms with Crippen molar-refractivity contribution in [3.05, 3.63) is 28.1 Å². The summed E-state index contributed by atoms with van der Waals surface area (Å²) >= 11 is 0. The van der Waals surface area contributed by atoms with Gasteiger partial charge in [-0.25, -0.2) is 4.79 Å². The number of aliphatic carboxylic acids is 1. The molecule has 21 heavy (non-hydrogen) atoms. The summed E-state index contributed by atoms with van der Waals surface area (Å²) in [5.74, 6) is -1.59. The van der Waals surface area contributed by atoms with Crippen LogP contribution in [0.25, 0.3) is 0 Å². The molecule has 1 saturated heterocycles. The normalized spacial score (nSPS) is 21.0. The van der Waals surface area contributed by atoms with Crippen LogP contribution in [-0.4, -0.2) is 44.4 Å². The van der Waals surface area contributed by atoms with E-state index in [1.165, 1.54) is 4.90 Å². The summed E-state index contributed by atoms with van der Waals surface area (Å²) in [7, 11) is 0. The van der Waals surface area contributed by atoms with Gasteiger partial charge >= 0.3 is 5.97 Å². The maximum Gasteiger partial charge on any atom is 0.326 e. The number of carbonyl (C=O) groups is 2. The van der Waals surface area contributed by atoms with E-state index in [1.54, 1.807) is 0 Å². The van der Waals surface area contributed by atoms with Crippen LogP contribution in [0.2, 0.25) is 0 Å². The van der Waals surface area contributed by atoms with E-state index in [1.807, 2.05) is 13.8 Å². The average Bonchev–Trinajstić information content (AvgIpc) is 2.85. The van der Waals surface area contributed by atoms with Gasteiger partial charge in [-0.05, 0) is 18.3 Å². The zero-order valence-corrected chi connectivity index (χ0v) is 11.8. The highest BCUT2D eigenvalue weighted by molar-refractivity contribution is 5.96. The number of nitrogens with zero attached hydrogens (tertiary/aromatic N) is 2. The third-order valence-corrected chi connectivity index (χ3v) is 3.88. The minimum absolute atomic E-state index is 0.0330. The molecule has 2 N–H and O–H groups in total. The van der Waals surface area contributed by atoms with Gasteiger partial charge in [0.15, 0.2) is 0 Å². The molecule has 0 spiro atoms. The number of piperidine rings is 1. The summed E-state index contributed by atoms with van der Waals surface area (Å²) in [6.07, 6.45) is 2.53. The number of hydrogen-bond acceptors (Lipinski definition) is 4. The van der Waals surface area contributed by atoms with Crippen molar-refractivity contribution < 1.29 is 19.6 Å². The van der Waals surface area contributed by atoms with Crippen LogP contribution in [-0.2, 0) is 4.79 Å². The highest BCUT2D eigenvalue weighted by Crippen LogP contribution is 2.36. The Kier molecular flexibility index (Phi) is 3.71. The monoisotopic (exact) mass is 295 g/mol. The molecule has 1 aromatic rings. The largest absolute Gasteiger partial charge is 0.480 e. The fraction of sp³-hybridized carbons (Fsp3) is 0.538. The van der Waals surface area contributed by atoms with Gasteiger partial charge in [-0.1, -0.05) is 13.8 Å². The second-order valence-corrected chi connectivity index (χ2v) is 5.86. The van der Waals surface area contributed by atoms with Gasteiger partial charge in [0.2, 0.25) is 0 Å². The molecule has 0 saturated carbocycles. The Morgan fingerprint density at radius 3 is 2.71 bits per heavy atom. The summed E-state index contributed by atoms with van der Waals surface area (Å²) in [4.78, 5) is 37.8. The van der Waals surface area contributed by atoms with Gasteiger partial charge in [0.25, 0.3) is 11.6 Å². The lowest BCUT2D eigenvalue weighted by molar-refractivity contribution is -0.384. The number of rotatable bonds is 3. The predicted molar refractivity (Wildman–Crippen MR) is 72.9 cm³/mol. The SMILES string of the molecule is CC1(C)CCCN(C(=O)c2cc([N+](=O)[O-])c[nH]2)C1C(=O)O. The third-order valence-electron chi connectivity index (χ3n) is 3.88. The first-order valence-electron chi connectivity index (χ1n) is 6.60. The number of aromatic amines is 1. The second-order valence-electron chi connectivity index (χ2n) is 5.86. The zero-order valence-electron chi connectivity index (χ0n) is 11.8. The van der Waals surface area contributed by atoms with Crippen LogP contribution in [0.1, 0.15) is 37.2 Å². The minimum Gasteiger partial charge on any atom is -0.480 e. The van der Waals surface area contributed by atoms with Gasteiger partial charge in [0, 0.05) is 12.6 Å². The van der Waals surface area contributed by atoms with Crippen molar-refractivity contribution >= 4 is 17.6 Å². The third kappa shape index (κ3) is 2.74. The highest BCUT2D eigenvalue weighted by atomic mass is 16.6. The number of aromatic nitrogens is 1. The van der Waals surface area contributed by atoms with E-state index in [-0.39, 0.29) is 11.4 Å². The number of carbonyl (C=O) groups excluding carboxylic acids is 1. The van der Waals surface area contributed by atoms with Gasteiger partial charge in [0.05, 0.1) is 11.1 Å². The van der Waals surface area contributed by atoms with E-state index in [4.69, 9.17) is 0 Å².